The van der Waals surface area contributed by atoms with Gasteiger partial charge in [-0.05, 0) is 75.3 Å². The Labute approximate surface area is 209 Å². The number of aliphatic hydroxyl groups excluding tert-OH is 1. The van der Waals surface area contributed by atoms with Crippen molar-refractivity contribution >= 4 is 22.5 Å². The molecule has 2 saturated heterocycles. The number of hydrogen-bond acceptors (Lipinski definition) is 7. The lowest BCUT2D eigenvalue weighted by molar-refractivity contribution is -0.0990. The number of benzene rings is 1. The Bertz CT molecular complexity index is 1310. The van der Waals surface area contributed by atoms with Crippen LogP contribution in [-0.4, -0.2) is 74.4 Å². The average Bonchev–Trinajstić information content (AvgIpc) is 3.38. The summed E-state index contributed by atoms with van der Waals surface area (Å²) in [7, 11) is 0. The van der Waals surface area contributed by atoms with Crippen LogP contribution in [0.4, 0.5) is 16.0 Å². The lowest BCUT2D eigenvalue weighted by Crippen LogP contribution is -2.60. The summed E-state index contributed by atoms with van der Waals surface area (Å²) in [4.78, 5) is 11.4. The minimum absolute atomic E-state index is 0.106. The zero-order valence-corrected chi connectivity index (χ0v) is 20.8. The number of nitrogens with one attached hydrogen (secondary N) is 1. The van der Waals surface area contributed by atoms with Crippen molar-refractivity contribution in [3.63, 3.8) is 0 Å². The van der Waals surface area contributed by atoms with Gasteiger partial charge in [-0.2, -0.15) is 5.10 Å². The van der Waals surface area contributed by atoms with Gasteiger partial charge in [0.1, 0.15) is 6.17 Å². The van der Waals surface area contributed by atoms with Crippen LogP contribution >= 0.6 is 0 Å². The second-order valence-corrected chi connectivity index (χ2v) is 11.4. The number of alkyl halides is 1. The summed E-state index contributed by atoms with van der Waals surface area (Å²) in [5.41, 5.74) is 5.17. The zero-order chi connectivity index (χ0) is 24.6. The molecule has 2 aliphatic heterocycles. The van der Waals surface area contributed by atoms with Crippen LogP contribution in [-0.2, 0) is 10.3 Å². The lowest BCUT2D eigenvalue weighted by Gasteiger charge is -2.61. The SMILES string of the molecule is Cc1cc2cnc(Nc3cnn(C45CC(C4)C5)c3C)nc2cc1C1CCN(C2COCC2O)CC1F. The molecule has 4 heterocycles. The van der Waals surface area contributed by atoms with E-state index >= 15 is 4.39 Å². The number of aromatic nitrogens is 4. The van der Waals surface area contributed by atoms with Gasteiger partial charge in [0.2, 0.25) is 5.95 Å². The van der Waals surface area contributed by atoms with Crippen molar-refractivity contribution in [1.82, 2.24) is 24.6 Å². The molecule has 4 atom stereocenters. The fraction of sp³-hybridized carbons (Fsp3) is 0.593. The van der Waals surface area contributed by atoms with Crippen LogP contribution in [0.25, 0.3) is 10.9 Å². The Kier molecular flexibility index (Phi) is 5.14. The second kappa shape index (κ2) is 8.19. The zero-order valence-electron chi connectivity index (χ0n) is 20.8. The fourth-order valence-electron chi connectivity index (χ4n) is 6.95. The van der Waals surface area contributed by atoms with Gasteiger partial charge in [-0.3, -0.25) is 9.58 Å². The first kappa shape index (κ1) is 22.6. The van der Waals surface area contributed by atoms with Crippen molar-refractivity contribution in [2.45, 2.75) is 69.3 Å². The third-order valence-electron chi connectivity index (χ3n) is 9.14. The molecule has 2 bridgehead atoms. The third kappa shape index (κ3) is 3.47. The van der Waals surface area contributed by atoms with E-state index in [-0.39, 0.29) is 17.5 Å². The number of ether oxygens (including phenoxy) is 1. The van der Waals surface area contributed by atoms with Gasteiger partial charge in [0.05, 0.1) is 54.0 Å². The monoisotopic (exact) mass is 492 g/mol. The van der Waals surface area contributed by atoms with E-state index in [1.54, 1.807) is 0 Å². The summed E-state index contributed by atoms with van der Waals surface area (Å²) >= 11 is 0. The van der Waals surface area contributed by atoms with Crippen molar-refractivity contribution in [3.05, 3.63) is 41.3 Å². The lowest BCUT2D eigenvalue weighted by atomic mass is 9.50. The molecule has 0 radical (unpaired) electrons. The van der Waals surface area contributed by atoms with Crippen LogP contribution < -0.4 is 5.32 Å². The molecule has 2 N–H and O–H groups in total. The Hall–Kier alpha value is -2.62. The van der Waals surface area contributed by atoms with Crippen molar-refractivity contribution in [3.8, 4) is 0 Å². The smallest absolute Gasteiger partial charge is 0.227 e. The van der Waals surface area contributed by atoms with E-state index < -0.39 is 12.3 Å². The molecule has 3 saturated carbocycles. The van der Waals surface area contributed by atoms with Crippen LogP contribution in [0, 0.1) is 19.8 Å². The molecule has 8 nitrogen and oxygen atoms in total. The van der Waals surface area contributed by atoms with E-state index in [1.165, 1.54) is 19.3 Å². The number of anilines is 2. The van der Waals surface area contributed by atoms with Gasteiger partial charge in [-0.1, -0.05) is 0 Å². The first-order valence-electron chi connectivity index (χ1n) is 13.1. The van der Waals surface area contributed by atoms with Crippen LogP contribution in [0.2, 0.25) is 0 Å². The molecular formula is C27H33FN6O2. The highest BCUT2D eigenvalue weighted by molar-refractivity contribution is 5.81. The van der Waals surface area contributed by atoms with Gasteiger partial charge in [0.15, 0.2) is 0 Å². The average molecular weight is 493 g/mol. The molecule has 190 valence electrons. The Morgan fingerprint density at radius 1 is 1.17 bits per heavy atom. The number of hydrogen-bond donors (Lipinski definition) is 2. The standard InChI is InChI=1S/C27H33FN6O2/c1-15-5-18-10-29-26(32-23-11-30-34(16(23)2)27-7-17(8-27)9-27)31-22(18)6-20(15)19-3-4-33(12-21(19)28)24-13-36-14-25(24)35/h5-6,10-11,17,19,21,24-25,35H,3-4,7-9,12-14H2,1-2H3,(H,29,31,32). The van der Waals surface area contributed by atoms with E-state index in [9.17, 15) is 5.11 Å². The molecule has 3 aliphatic carbocycles. The van der Waals surface area contributed by atoms with Crippen LogP contribution in [0.5, 0.6) is 0 Å². The minimum Gasteiger partial charge on any atom is -0.389 e. The minimum atomic E-state index is -1.01. The molecule has 0 spiro atoms. The maximum absolute atomic E-state index is 15.5. The highest BCUT2D eigenvalue weighted by atomic mass is 19.1. The predicted octanol–water partition coefficient (Wildman–Crippen LogP) is 3.58. The van der Waals surface area contributed by atoms with Crippen molar-refractivity contribution < 1.29 is 14.2 Å². The molecule has 2 aromatic heterocycles. The highest BCUT2D eigenvalue weighted by Crippen LogP contribution is 2.62. The maximum Gasteiger partial charge on any atom is 0.227 e. The third-order valence-corrected chi connectivity index (χ3v) is 9.14. The van der Waals surface area contributed by atoms with Crippen LogP contribution in [0.15, 0.2) is 24.5 Å². The number of nitrogens with zero attached hydrogens (tertiary/aromatic N) is 5. The topological polar surface area (TPSA) is 88.3 Å². The summed E-state index contributed by atoms with van der Waals surface area (Å²) in [6.45, 7) is 6.01. The largest absolute Gasteiger partial charge is 0.389 e. The van der Waals surface area contributed by atoms with E-state index in [4.69, 9.17) is 9.72 Å². The number of aliphatic hydroxyl groups is 1. The quantitative estimate of drug-likeness (QED) is 0.563. The summed E-state index contributed by atoms with van der Waals surface area (Å²) in [5.74, 6) is 1.23. The summed E-state index contributed by atoms with van der Waals surface area (Å²) in [5, 5.41) is 19.1. The Morgan fingerprint density at radius 2 is 2.00 bits per heavy atom. The normalized spacial score (nSPS) is 33.9. The number of rotatable bonds is 5. The molecular weight excluding hydrogens is 459 g/mol. The highest BCUT2D eigenvalue weighted by Gasteiger charge is 2.59. The maximum atomic E-state index is 15.5. The van der Waals surface area contributed by atoms with Crippen molar-refractivity contribution in [1.29, 1.82) is 0 Å². The van der Waals surface area contributed by atoms with Gasteiger partial charge in [-0.15, -0.1) is 0 Å². The number of piperidine rings is 1. The van der Waals surface area contributed by atoms with Gasteiger partial charge >= 0.3 is 0 Å². The summed E-state index contributed by atoms with van der Waals surface area (Å²) in [6.07, 6.45) is 6.60. The van der Waals surface area contributed by atoms with Gasteiger partial charge in [0.25, 0.3) is 0 Å². The molecule has 5 aliphatic rings. The first-order valence-corrected chi connectivity index (χ1v) is 13.1. The second-order valence-electron chi connectivity index (χ2n) is 11.4. The van der Waals surface area contributed by atoms with Crippen LogP contribution in [0.3, 0.4) is 0 Å². The molecule has 36 heavy (non-hydrogen) atoms. The van der Waals surface area contributed by atoms with E-state index in [2.05, 4.69) is 38.0 Å². The number of fused-ring (bicyclic) bond motifs is 1. The molecule has 4 unspecified atom stereocenters. The Balaban J connectivity index is 1.12. The van der Waals surface area contributed by atoms with Gasteiger partial charge < -0.3 is 15.2 Å². The first-order chi connectivity index (χ1) is 17.4. The van der Waals surface area contributed by atoms with Crippen molar-refractivity contribution in [2.75, 3.05) is 31.6 Å². The number of likely N-dealkylation sites (tertiary alicyclic amines) is 1. The summed E-state index contributed by atoms with van der Waals surface area (Å²) in [6, 6.07) is 4.00. The summed E-state index contributed by atoms with van der Waals surface area (Å²) < 4.78 is 23.0. The van der Waals surface area contributed by atoms with Crippen molar-refractivity contribution in [2.24, 2.45) is 5.92 Å². The molecule has 1 aromatic carbocycles. The van der Waals surface area contributed by atoms with E-state index in [0.717, 1.165) is 45.9 Å². The molecule has 9 heteroatoms. The number of aryl methyl sites for hydroxylation is 1. The predicted molar refractivity (Wildman–Crippen MR) is 134 cm³/mol. The molecule has 3 aromatic rings. The van der Waals surface area contributed by atoms with E-state index in [1.807, 2.05) is 25.4 Å². The molecule has 8 rings (SSSR count). The van der Waals surface area contributed by atoms with Crippen LogP contribution in [0.1, 0.15) is 48.4 Å². The van der Waals surface area contributed by atoms with Gasteiger partial charge in [0, 0.05) is 24.0 Å². The fourth-order valence-corrected chi connectivity index (χ4v) is 6.95. The van der Waals surface area contributed by atoms with Gasteiger partial charge in [-0.25, -0.2) is 14.4 Å². The Morgan fingerprint density at radius 3 is 2.69 bits per heavy atom. The number of halogens is 1. The molecule has 5 fully saturated rings. The molecule has 0 amide bonds. The van der Waals surface area contributed by atoms with E-state index in [0.29, 0.717) is 32.1 Å².